The molecule has 2 nitrogen and oxygen atoms in total. The van der Waals surface area contributed by atoms with Crippen LogP contribution in [-0.2, 0) is 0 Å². The quantitative estimate of drug-likeness (QED) is 0.873. The Balaban J connectivity index is 2.19. The molecule has 2 aromatic rings. The molecule has 2 N–H and O–H groups in total. The fraction of sp³-hybridized carbons (Fsp3) is 0.231. The fourth-order valence-corrected chi connectivity index (χ4v) is 2.69. The van der Waals surface area contributed by atoms with E-state index in [0.29, 0.717) is 5.69 Å². The van der Waals surface area contributed by atoms with Crippen molar-refractivity contribution < 1.29 is 9.50 Å². The first-order chi connectivity index (χ1) is 8.20. The number of nitrogens with one attached hydrogen (secondary N) is 1. The van der Waals surface area contributed by atoms with E-state index in [-0.39, 0.29) is 18.5 Å². The van der Waals surface area contributed by atoms with Crippen molar-refractivity contribution in [3.05, 3.63) is 52.0 Å². The van der Waals surface area contributed by atoms with Gasteiger partial charge in [-0.3, -0.25) is 0 Å². The van der Waals surface area contributed by atoms with Crippen LogP contribution in [0, 0.1) is 12.7 Å². The summed E-state index contributed by atoms with van der Waals surface area (Å²) in [6.07, 6.45) is 0. The second kappa shape index (κ2) is 5.29. The van der Waals surface area contributed by atoms with Crippen LogP contribution in [-0.4, -0.2) is 11.7 Å². The van der Waals surface area contributed by atoms with Crippen LogP contribution in [0.2, 0.25) is 0 Å². The first-order valence-electron chi connectivity index (χ1n) is 5.37. The Hall–Kier alpha value is -1.39. The van der Waals surface area contributed by atoms with Crippen LogP contribution < -0.4 is 5.32 Å². The van der Waals surface area contributed by atoms with Crippen molar-refractivity contribution in [3.63, 3.8) is 0 Å². The third-order valence-corrected chi connectivity index (χ3v) is 3.70. The summed E-state index contributed by atoms with van der Waals surface area (Å²) in [6, 6.07) is 8.08. The molecule has 0 aliphatic carbocycles. The van der Waals surface area contributed by atoms with Crippen molar-refractivity contribution in [2.45, 2.75) is 13.0 Å². The van der Waals surface area contributed by atoms with Gasteiger partial charge in [0.2, 0.25) is 0 Å². The van der Waals surface area contributed by atoms with Crippen LogP contribution in [0.4, 0.5) is 10.1 Å². The van der Waals surface area contributed by atoms with E-state index in [2.05, 4.69) is 5.32 Å². The van der Waals surface area contributed by atoms with Crippen molar-refractivity contribution in [1.29, 1.82) is 0 Å². The van der Waals surface area contributed by atoms with Crippen molar-refractivity contribution in [1.82, 2.24) is 0 Å². The van der Waals surface area contributed by atoms with E-state index < -0.39 is 0 Å². The summed E-state index contributed by atoms with van der Waals surface area (Å²) in [7, 11) is 0. The number of hydrogen-bond donors (Lipinski definition) is 2. The van der Waals surface area contributed by atoms with Gasteiger partial charge in [-0.1, -0.05) is 6.07 Å². The van der Waals surface area contributed by atoms with Gasteiger partial charge in [0.15, 0.2) is 0 Å². The van der Waals surface area contributed by atoms with E-state index in [9.17, 15) is 9.50 Å². The number of aliphatic hydroxyl groups excluding tert-OH is 1. The number of benzene rings is 1. The summed E-state index contributed by atoms with van der Waals surface area (Å²) in [5.74, 6) is -0.283. The predicted molar refractivity (Wildman–Crippen MR) is 68.9 cm³/mol. The molecule has 1 aromatic heterocycles. The lowest BCUT2D eigenvalue weighted by Crippen LogP contribution is -2.14. The number of rotatable bonds is 4. The molecule has 2 rings (SSSR count). The minimum absolute atomic E-state index is 0.0160. The van der Waals surface area contributed by atoms with Gasteiger partial charge in [0.1, 0.15) is 5.82 Å². The summed E-state index contributed by atoms with van der Waals surface area (Å²) in [5, 5.41) is 14.5. The van der Waals surface area contributed by atoms with E-state index in [1.54, 1.807) is 23.5 Å². The van der Waals surface area contributed by atoms with Crippen molar-refractivity contribution in [2.24, 2.45) is 0 Å². The molecule has 0 fully saturated rings. The number of halogens is 1. The summed E-state index contributed by atoms with van der Waals surface area (Å²) >= 11 is 1.59. The molecule has 1 unspecified atom stereocenters. The van der Waals surface area contributed by atoms with Crippen LogP contribution in [0.25, 0.3) is 0 Å². The standard InChI is InChI=1S/C13H14FNOS/c1-9-5-6-17-13(9)12(8-16)15-11-4-2-3-10(14)7-11/h2-7,12,15-16H,8H2,1H3. The third kappa shape index (κ3) is 2.84. The molecule has 0 radical (unpaired) electrons. The Kier molecular flexibility index (Phi) is 3.76. The summed E-state index contributed by atoms with van der Waals surface area (Å²) in [6.45, 7) is 1.99. The Morgan fingerprint density at radius 2 is 2.24 bits per heavy atom. The highest BCUT2D eigenvalue weighted by Crippen LogP contribution is 2.27. The number of aliphatic hydroxyl groups is 1. The molecule has 4 heteroatoms. The topological polar surface area (TPSA) is 32.3 Å². The van der Waals surface area contributed by atoms with Crippen LogP contribution in [0.3, 0.4) is 0 Å². The molecule has 1 heterocycles. The minimum atomic E-state index is -0.283. The maximum atomic E-state index is 13.0. The Bertz CT molecular complexity index is 498. The molecule has 0 aliphatic rings. The van der Waals surface area contributed by atoms with E-state index in [1.807, 2.05) is 18.4 Å². The summed E-state index contributed by atoms with van der Waals surface area (Å²) in [4.78, 5) is 1.08. The van der Waals surface area contributed by atoms with Gasteiger partial charge < -0.3 is 10.4 Å². The number of thiophene rings is 1. The van der Waals surface area contributed by atoms with Gasteiger partial charge >= 0.3 is 0 Å². The van der Waals surface area contributed by atoms with Gasteiger partial charge in [-0.05, 0) is 42.1 Å². The molecule has 0 aliphatic heterocycles. The molecule has 17 heavy (non-hydrogen) atoms. The second-order valence-corrected chi connectivity index (χ2v) is 4.81. The molecule has 0 amide bonds. The van der Waals surface area contributed by atoms with E-state index in [0.717, 1.165) is 10.4 Å². The number of aryl methyl sites for hydroxylation is 1. The molecule has 1 aromatic carbocycles. The van der Waals surface area contributed by atoms with E-state index in [4.69, 9.17) is 0 Å². The normalized spacial score (nSPS) is 12.4. The predicted octanol–water partition coefficient (Wildman–Crippen LogP) is 3.34. The van der Waals surface area contributed by atoms with Crippen LogP contribution >= 0.6 is 11.3 Å². The zero-order valence-electron chi connectivity index (χ0n) is 9.48. The van der Waals surface area contributed by atoms with Gasteiger partial charge in [-0.2, -0.15) is 0 Å². The maximum absolute atomic E-state index is 13.0. The largest absolute Gasteiger partial charge is 0.394 e. The molecular formula is C13H14FNOS. The van der Waals surface area contributed by atoms with Crippen molar-refractivity contribution >= 4 is 17.0 Å². The lowest BCUT2D eigenvalue weighted by molar-refractivity contribution is 0.277. The summed E-state index contributed by atoms with van der Waals surface area (Å²) < 4.78 is 13.0. The van der Waals surface area contributed by atoms with Gasteiger partial charge in [-0.15, -0.1) is 11.3 Å². The lowest BCUT2D eigenvalue weighted by atomic mass is 10.1. The molecule has 0 bridgehead atoms. The van der Waals surface area contributed by atoms with E-state index in [1.165, 1.54) is 12.1 Å². The van der Waals surface area contributed by atoms with Gasteiger partial charge in [0.05, 0.1) is 12.6 Å². The number of hydrogen-bond acceptors (Lipinski definition) is 3. The third-order valence-electron chi connectivity index (χ3n) is 2.57. The molecule has 0 saturated heterocycles. The van der Waals surface area contributed by atoms with E-state index >= 15 is 0 Å². The summed E-state index contributed by atoms with van der Waals surface area (Å²) in [5.41, 5.74) is 1.81. The van der Waals surface area contributed by atoms with Gasteiger partial charge in [-0.25, -0.2) is 4.39 Å². The van der Waals surface area contributed by atoms with Crippen molar-refractivity contribution in [2.75, 3.05) is 11.9 Å². The van der Waals surface area contributed by atoms with Gasteiger partial charge in [0, 0.05) is 10.6 Å². The highest BCUT2D eigenvalue weighted by molar-refractivity contribution is 7.10. The Labute approximate surface area is 104 Å². The number of anilines is 1. The zero-order valence-corrected chi connectivity index (χ0v) is 10.3. The average molecular weight is 251 g/mol. The van der Waals surface area contributed by atoms with Crippen LogP contribution in [0.15, 0.2) is 35.7 Å². The second-order valence-electron chi connectivity index (χ2n) is 3.86. The lowest BCUT2D eigenvalue weighted by Gasteiger charge is -2.17. The molecule has 0 spiro atoms. The minimum Gasteiger partial charge on any atom is -0.394 e. The van der Waals surface area contributed by atoms with Crippen LogP contribution in [0.1, 0.15) is 16.5 Å². The molecular weight excluding hydrogens is 237 g/mol. The first kappa shape index (κ1) is 12.1. The average Bonchev–Trinajstić information content (AvgIpc) is 2.72. The SMILES string of the molecule is Cc1ccsc1C(CO)Nc1cccc(F)c1. The maximum Gasteiger partial charge on any atom is 0.125 e. The highest BCUT2D eigenvalue weighted by atomic mass is 32.1. The van der Waals surface area contributed by atoms with Crippen molar-refractivity contribution in [3.8, 4) is 0 Å². The van der Waals surface area contributed by atoms with Gasteiger partial charge in [0.25, 0.3) is 0 Å². The Morgan fingerprint density at radius 3 is 2.82 bits per heavy atom. The fourth-order valence-electron chi connectivity index (χ4n) is 1.71. The van der Waals surface area contributed by atoms with Crippen LogP contribution in [0.5, 0.6) is 0 Å². The zero-order chi connectivity index (χ0) is 12.3. The monoisotopic (exact) mass is 251 g/mol. The molecule has 0 saturated carbocycles. The first-order valence-corrected chi connectivity index (χ1v) is 6.25. The molecule has 90 valence electrons. The smallest absolute Gasteiger partial charge is 0.125 e. The molecule has 1 atom stereocenters. The Morgan fingerprint density at radius 1 is 1.41 bits per heavy atom. The highest BCUT2D eigenvalue weighted by Gasteiger charge is 2.14.